The minimum atomic E-state index is -1.05. The van der Waals surface area contributed by atoms with E-state index >= 15 is 0 Å². The zero-order valence-corrected chi connectivity index (χ0v) is 13.7. The second kappa shape index (κ2) is 6.59. The number of carbonyl (C=O) groups excluding carboxylic acids is 1. The average molecular weight is 316 g/mol. The molecule has 120 valence electrons. The molecule has 7 nitrogen and oxygen atoms in total. The van der Waals surface area contributed by atoms with Gasteiger partial charge in [0.2, 0.25) is 0 Å². The minimum Gasteiger partial charge on any atom is -0.394 e. The quantitative estimate of drug-likeness (QED) is 0.529. The van der Waals surface area contributed by atoms with E-state index in [0.29, 0.717) is 11.6 Å². The van der Waals surface area contributed by atoms with Gasteiger partial charge in [0.1, 0.15) is 10.7 Å². The first-order valence-corrected chi connectivity index (χ1v) is 7.56. The van der Waals surface area contributed by atoms with Gasteiger partial charge in [-0.3, -0.25) is 4.79 Å². The molecular formula is C13H24N4O3S. The number of aliphatic hydroxyl groups excluding tert-OH is 2. The maximum Gasteiger partial charge on any atom is 0.265 e. The molecular weight excluding hydrogens is 292 g/mol. The Balaban J connectivity index is 2.93. The normalized spacial score (nSPS) is 12.3. The summed E-state index contributed by atoms with van der Waals surface area (Å²) < 4.78 is 0. The predicted molar refractivity (Wildman–Crippen MR) is 84.6 cm³/mol. The van der Waals surface area contributed by atoms with E-state index in [1.54, 1.807) is 6.92 Å². The van der Waals surface area contributed by atoms with Gasteiger partial charge in [0, 0.05) is 5.54 Å². The van der Waals surface area contributed by atoms with Crippen LogP contribution in [0.1, 0.15) is 43.8 Å². The third-order valence-electron chi connectivity index (χ3n) is 3.00. The first-order valence-electron chi connectivity index (χ1n) is 6.75. The monoisotopic (exact) mass is 316 g/mol. The largest absolute Gasteiger partial charge is 0.394 e. The second-order valence-corrected chi connectivity index (χ2v) is 7.01. The maximum absolute atomic E-state index is 12.3. The van der Waals surface area contributed by atoms with E-state index < -0.39 is 11.4 Å². The van der Waals surface area contributed by atoms with Crippen molar-refractivity contribution in [3.05, 3.63) is 4.88 Å². The van der Waals surface area contributed by atoms with Gasteiger partial charge in [-0.1, -0.05) is 18.3 Å². The van der Waals surface area contributed by atoms with E-state index in [2.05, 4.69) is 15.6 Å². The summed E-state index contributed by atoms with van der Waals surface area (Å²) in [5, 5.41) is 25.1. The van der Waals surface area contributed by atoms with Crippen molar-refractivity contribution in [1.82, 2.24) is 10.3 Å². The number of rotatable bonds is 6. The molecule has 0 saturated carbocycles. The second-order valence-electron chi connectivity index (χ2n) is 6.01. The number of aromatic nitrogens is 1. The number of aliphatic hydroxyl groups is 2. The molecule has 21 heavy (non-hydrogen) atoms. The number of amides is 1. The van der Waals surface area contributed by atoms with Crippen LogP contribution in [0.2, 0.25) is 0 Å². The van der Waals surface area contributed by atoms with E-state index in [4.69, 9.17) is 5.73 Å². The lowest BCUT2D eigenvalue weighted by atomic mass is 9.98. The number of carbonyl (C=O) groups is 1. The minimum absolute atomic E-state index is 0.130. The molecule has 1 amide bonds. The first kappa shape index (κ1) is 17.7. The zero-order valence-electron chi connectivity index (χ0n) is 12.9. The summed E-state index contributed by atoms with van der Waals surface area (Å²) in [5.41, 5.74) is 4.53. The number of nitrogen functional groups attached to an aromatic ring is 1. The molecule has 0 spiro atoms. The van der Waals surface area contributed by atoms with Crippen molar-refractivity contribution in [1.29, 1.82) is 0 Å². The number of thiazole rings is 1. The summed E-state index contributed by atoms with van der Waals surface area (Å²) in [6.07, 6.45) is 0.400. The molecule has 0 aliphatic heterocycles. The third-order valence-corrected chi connectivity index (χ3v) is 3.99. The summed E-state index contributed by atoms with van der Waals surface area (Å²) in [6.45, 7) is 7.00. The lowest BCUT2D eigenvalue weighted by Gasteiger charge is -2.29. The molecule has 1 aromatic heterocycles. The highest BCUT2D eigenvalue weighted by molar-refractivity contribution is 7.18. The van der Waals surface area contributed by atoms with Crippen LogP contribution in [0, 0.1) is 0 Å². The third kappa shape index (κ3) is 4.55. The van der Waals surface area contributed by atoms with Crippen LogP contribution in [0.15, 0.2) is 0 Å². The van der Waals surface area contributed by atoms with Crippen LogP contribution < -0.4 is 16.4 Å². The van der Waals surface area contributed by atoms with E-state index in [1.165, 1.54) is 0 Å². The molecule has 6 N–H and O–H groups in total. The number of anilines is 2. The number of nitrogens with two attached hydrogens (primary N) is 1. The van der Waals surface area contributed by atoms with Gasteiger partial charge < -0.3 is 26.6 Å². The van der Waals surface area contributed by atoms with Gasteiger partial charge in [0.25, 0.3) is 5.91 Å². The van der Waals surface area contributed by atoms with Gasteiger partial charge >= 0.3 is 0 Å². The van der Waals surface area contributed by atoms with Gasteiger partial charge in [-0.2, -0.15) is 0 Å². The molecule has 0 radical (unpaired) electrons. The zero-order chi connectivity index (χ0) is 16.3. The van der Waals surface area contributed by atoms with E-state index in [9.17, 15) is 15.0 Å². The molecule has 0 aliphatic carbocycles. The highest BCUT2D eigenvalue weighted by Crippen LogP contribution is 2.27. The Kier molecular flexibility index (Phi) is 5.54. The van der Waals surface area contributed by atoms with Gasteiger partial charge in [-0.15, -0.1) is 0 Å². The van der Waals surface area contributed by atoms with Crippen LogP contribution in [-0.2, 0) is 0 Å². The molecule has 1 rings (SSSR count). The summed E-state index contributed by atoms with van der Waals surface area (Å²) in [7, 11) is 0. The molecule has 0 aromatic carbocycles. The van der Waals surface area contributed by atoms with E-state index in [0.717, 1.165) is 11.3 Å². The summed E-state index contributed by atoms with van der Waals surface area (Å²) >= 11 is 1.14. The fourth-order valence-electron chi connectivity index (χ4n) is 1.61. The lowest BCUT2D eigenvalue weighted by molar-refractivity contribution is 0.0656. The Bertz CT molecular complexity index is 484. The standard InChI is InChI=1S/C13H24N4O3S/c1-5-13(6-18,7-19)16-10(20)8-9(14)15-11(21-8)17-12(2,3)4/h18-19H,5-7,14H2,1-4H3,(H,15,17)(H,16,20). The highest BCUT2D eigenvalue weighted by atomic mass is 32.1. The maximum atomic E-state index is 12.3. The van der Waals surface area contributed by atoms with Crippen LogP contribution >= 0.6 is 11.3 Å². The number of hydrogen-bond acceptors (Lipinski definition) is 7. The molecule has 0 bridgehead atoms. The fraction of sp³-hybridized carbons (Fsp3) is 0.692. The van der Waals surface area contributed by atoms with Gasteiger partial charge in [-0.25, -0.2) is 4.98 Å². The smallest absolute Gasteiger partial charge is 0.265 e. The fourth-order valence-corrected chi connectivity index (χ4v) is 2.60. The molecule has 0 fully saturated rings. The van der Waals surface area contributed by atoms with E-state index in [-0.39, 0.29) is 29.4 Å². The molecule has 0 saturated heterocycles. The topological polar surface area (TPSA) is 120 Å². The Morgan fingerprint density at radius 1 is 1.33 bits per heavy atom. The Morgan fingerprint density at radius 2 is 1.90 bits per heavy atom. The number of hydrogen-bond donors (Lipinski definition) is 5. The predicted octanol–water partition coefficient (Wildman–Crippen LogP) is 0.799. The van der Waals surface area contributed by atoms with Crippen molar-refractivity contribution in [2.24, 2.45) is 0 Å². The van der Waals surface area contributed by atoms with Crippen molar-refractivity contribution in [2.45, 2.75) is 45.2 Å². The van der Waals surface area contributed by atoms with Crippen molar-refractivity contribution in [2.75, 3.05) is 24.3 Å². The number of nitrogens with zero attached hydrogens (tertiary/aromatic N) is 1. The summed E-state index contributed by atoms with van der Waals surface area (Å²) in [4.78, 5) is 16.7. The Hall–Kier alpha value is -1.38. The van der Waals surface area contributed by atoms with Crippen LogP contribution in [0.5, 0.6) is 0 Å². The van der Waals surface area contributed by atoms with Gasteiger partial charge in [-0.05, 0) is 27.2 Å². The summed E-state index contributed by atoms with van der Waals surface area (Å²) in [5.74, 6) is -0.318. The van der Waals surface area contributed by atoms with Crippen LogP contribution in [0.25, 0.3) is 0 Å². The average Bonchev–Trinajstić information content (AvgIpc) is 2.74. The van der Waals surface area contributed by atoms with Crippen molar-refractivity contribution >= 4 is 28.2 Å². The van der Waals surface area contributed by atoms with Gasteiger partial charge in [0.05, 0.1) is 18.8 Å². The van der Waals surface area contributed by atoms with Crippen molar-refractivity contribution in [3.63, 3.8) is 0 Å². The molecule has 1 aromatic rings. The van der Waals surface area contributed by atoms with Crippen LogP contribution in [0.3, 0.4) is 0 Å². The number of nitrogens with one attached hydrogen (secondary N) is 2. The molecule has 0 atom stereocenters. The molecule has 0 unspecified atom stereocenters. The Morgan fingerprint density at radius 3 is 2.33 bits per heavy atom. The van der Waals surface area contributed by atoms with Crippen molar-refractivity contribution < 1.29 is 15.0 Å². The lowest BCUT2D eigenvalue weighted by Crippen LogP contribution is -2.53. The van der Waals surface area contributed by atoms with Crippen molar-refractivity contribution in [3.8, 4) is 0 Å². The SMILES string of the molecule is CCC(CO)(CO)NC(=O)c1sc(NC(C)(C)C)nc1N. The molecule has 8 heteroatoms. The van der Waals surface area contributed by atoms with Crippen LogP contribution in [0.4, 0.5) is 10.9 Å². The summed E-state index contributed by atoms with van der Waals surface area (Å²) in [6, 6.07) is 0. The molecule has 1 heterocycles. The molecule has 0 aliphatic rings. The van der Waals surface area contributed by atoms with Gasteiger partial charge in [0.15, 0.2) is 5.13 Å². The van der Waals surface area contributed by atoms with Crippen LogP contribution in [-0.4, -0.2) is 45.4 Å². The van der Waals surface area contributed by atoms with E-state index in [1.807, 2.05) is 20.8 Å². The first-order chi connectivity index (χ1) is 9.66. The Labute approximate surface area is 128 Å². The highest BCUT2D eigenvalue weighted by Gasteiger charge is 2.30.